The van der Waals surface area contributed by atoms with Crippen molar-refractivity contribution in [1.82, 2.24) is 15.1 Å². The van der Waals surface area contributed by atoms with Crippen LogP contribution in [0.5, 0.6) is 0 Å². The molecule has 4 aromatic rings. The summed E-state index contributed by atoms with van der Waals surface area (Å²) in [5.41, 5.74) is 2.46. The summed E-state index contributed by atoms with van der Waals surface area (Å²) >= 11 is 7.35. The van der Waals surface area contributed by atoms with Crippen molar-refractivity contribution >= 4 is 39.7 Å². The van der Waals surface area contributed by atoms with Gasteiger partial charge < -0.3 is 4.52 Å². The topological polar surface area (TPSA) is 72.1 Å². The molecule has 0 aliphatic carbocycles. The molecule has 0 unspecified atom stereocenters. The van der Waals surface area contributed by atoms with E-state index in [0.717, 1.165) is 16.9 Å². The lowest BCUT2D eigenvalue weighted by molar-refractivity contribution is -0.117. The minimum atomic E-state index is -0.0863. The zero-order valence-electron chi connectivity index (χ0n) is 15.6. The molecule has 0 atom stereocenters. The van der Waals surface area contributed by atoms with Crippen LogP contribution >= 0.6 is 22.9 Å². The molecule has 2 aromatic heterocycles. The summed E-state index contributed by atoms with van der Waals surface area (Å²) in [5.74, 6) is 0.794. The molecule has 0 N–H and O–H groups in total. The normalized spacial score (nSPS) is 10.8. The lowest BCUT2D eigenvalue weighted by atomic mass is 10.2. The number of hydrogen-bond donors (Lipinski definition) is 0. The largest absolute Gasteiger partial charge is 0.339 e. The second-order valence-electron chi connectivity index (χ2n) is 6.35. The highest BCUT2D eigenvalue weighted by molar-refractivity contribution is 7.14. The summed E-state index contributed by atoms with van der Waals surface area (Å²) in [6.45, 7) is 1.91. The fourth-order valence-corrected chi connectivity index (χ4v) is 3.74. The van der Waals surface area contributed by atoms with Crippen molar-refractivity contribution in [3.05, 3.63) is 76.6 Å². The van der Waals surface area contributed by atoms with E-state index in [-0.39, 0.29) is 12.3 Å². The fraction of sp³-hybridized carbons (Fsp3) is 0.143. The summed E-state index contributed by atoms with van der Waals surface area (Å²) in [6, 6.07) is 16.7. The van der Waals surface area contributed by atoms with Crippen LogP contribution in [0.25, 0.3) is 11.4 Å². The molecule has 2 aromatic carbocycles. The second kappa shape index (κ2) is 8.55. The van der Waals surface area contributed by atoms with Crippen LogP contribution in [-0.4, -0.2) is 21.0 Å². The number of carbonyl (C=O) groups excluding carboxylic acids is 1. The number of amides is 1. The van der Waals surface area contributed by atoms with Crippen molar-refractivity contribution in [3.8, 4) is 11.4 Å². The zero-order valence-corrected chi connectivity index (χ0v) is 17.2. The summed E-state index contributed by atoms with van der Waals surface area (Å²) in [6.07, 6.45) is 0.558. The maximum atomic E-state index is 13.0. The van der Waals surface area contributed by atoms with Crippen molar-refractivity contribution in [3.63, 3.8) is 0 Å². The van der Waals surface area contributed by atoms with Crippen LogP contribution in [0.3, 0.4) is 0 Å². The average molecular weight is 425 g/mol. The Hall–Kier alpha value is -3.03. The molecule has 0 saturated carbocycles. The Morgan fingerprint density at radius 3 is 2.55 bits per heavy atom. The molecule has 4 rings (SSSR count). The van der Waals surface area contributed by atoms with Gasteiger partial charge in [0, 0.05) is 28.8 Å². The number of aryl methyl sites for hydroxylation is 2. The molecule has 8 heteroatoms. The molecule has 2 heterocycles. The molecule has 0 aliphatic heterocycles. The smallest absolute Gasteiger partial charge is 0.233 e. The predicted octanol–water partition coefficient (Wildman–Crippen LogP) is 5.45. The third kappa shape index (κ3) is 4.52. The Kier molecular flexibility index (Phi) is 5.69. The standard InChI is InChI=1S/C21H17ClN4O2S/c1-14-13-29-21(23-14)26(17-5-3-2-4-6-17)19(27)12-11-18-24-20(25-28-18)15-7-9-16(22)10-8-15/h2-10,13H,11-12H2,1H3. The number of benzene rings is 2. The molecule has 0 bridgehead atoms. The lowest BCUT2D eigenvalue weighted by Crippen LogP contribution is -2.26. The number of aromatic nitrogens is 3. The maximum absolute atomic E-state index is 13.0. The highest BCUT2D eigenvalue weighted by Gasteiger charge is 2.21. The van der Waals surface area contributed by atoms with Gasteiger partial charge in [0.05, 0.1) is 11.4 Å². The van der Waals surface area contributed by atoms with E-state index >= 15 is 0 Å². The molecule has 1 amide bonds. The number of hydrogen-bond acceptors (Lipinski definition) is 6. The van der Waals surface area contributed by atoms with E-state index in [1.807, 2.05) is 54.8 Å². The van der Waals surface area contributed by atoms with Gasteiger partial charge in [0.2, 0.25) is 17.6 Å². The van der Waals surface area contributed by atoms with Crippen LogP contribution < -0.4 is 4.90 Å². The highest BCUT2D eigenvalue weighted by Crippen LogP contribution is 2.29. The fourth-order valence-electron chi connectivity index (χ4n) is 2.78. The summed E-state index contributed by atoms with van der Waals surface area (Å²) in [7, 11) is 0. The van der Waals surface area contributed by atoms with Crippen molar-refractivity contribution in [2.75, 3.05) is 4.90 Å². The first-order valence-electron chi connectivity index (χ1n) is 8.99. The van der Waals surface area contributed by atoms with E-state index < -0.39 is 0 Å². The van der Waals surface area contributed by atoms with E-state index in [9.17, 15) is 4.79 Å². The first-order valence-corrected chi connectivity index (χ1v) is 10.2. The first kappa shape index (κ1) is 19.3. The van der Waals surface area contributed by atoms with E-state index in [2.05, 4.69) is 15.1 Å². The van der Waals surface area contributed by atoms with Crippen molar-refractivity contribution < 1.29 is 9.32 Å². The molecular weight excluding hydrogens is 408 g/mol. The number of rotatable bonds is 6. The predicted molar refractivity (Wildman–Crippen MR) is 114 cm³/mol. The molecular formula is C21H17ClN4O2S. The molecule has 0 fully saturated rings. The van der Waals surface area contributed by atoms with Crippen LogP contribution in [0.2, 0.25) is 5.02 Å². The number of nitrogens with zero attached hydrogens (tertiary/aromatic N) is 4. The van der Waals surface area contributed by atoms with Gasteiger partial charge in [-0.3, -0.25) is 9.69 Å². The third-order valence-corrected chi connectivity index (χ3v) is 5.38. The van der Waals surface area contributed by atoms with E-state index in [1.165, 1.54) is 11.3 Å². The minimum Gasteiger partial charge on any atom is -0.339 e. The molecule has 146 valence electrons. The van der Waals surface area contributed by atoms with Crippen LogP contribution in [0.4, 0.5) is 10.8 Å². The molecule has 0 saturated heterocycles. The third-order valence-electron chi connectivity index (χ3n) is 4.19. The SMILES string of the molecule is Cc1csc(N(C(=O)CCc2nc(-c3ccc(Cl)cc3)no2)c2ccccc2)n1. The first-order chi connectivity index (χ1) is 14.1. The van der Waals surface area contributed by atoms with E-state index in [1.54, 1.807) is 17.0 Å². The number of carbonyl (C=O) groups is 1. The van der Waals surface area contributed by atoms with Gasteiger partial charge in [-0.05, 0) is 43.3 Å². The Bertz CT molecular complexity index is 1110. The summed E-state index contributed by atoms with van der Waals surface area (Å²) in [4.78, 5) is 23.5. The minimum absolute atomic E-state index is 0.0863. The van der Waals surface area contributed by atoms with Crippen molar-refractivity contribution in [2.45, 2.75) is 19.8 Å². The quantitative estimate of drug-likeness (QED) is 0.411. The number of thiazole rings is 1. The van der Waals surface area contributed by atoms with Crippen LogP contribution in [0.1, 0.15) is 18.0 Å². The molecule has 0 radical (unpaired) electrons. The maximum Gasteiger partial charge on any atom is 0.233 e. The van der Waals surface area contributed by atoms with Crippen molar-refractivity contribution in [2.24, 2.45) is 0 Å². The Morgan fingerprint density at radius 1 is 1.10 bits per heavy atom. The van der Waals surface area contributed by atoms with Gasteiger partial charge >= 0.3 is 0 Å². The molecule has 6 nitrogen and oxygen atoms in total. The van der Waals surface area contributed by atoms with E-state index in [0.29, 0.717) is 28.3 Å². The van der Waals surface area contributed by atoms with Gasteiger partial charge in [-0.1, -0.05) is 35.0 Å². The summed E-state index contributed by atoms with van der Waals surface area (Å²) < 4.78 is 5.32. The van der Waals surface area contributed by atoms with Crippen LogP contribution in [-0.2, 0) is 11.2 Å². The highest BCUT2D eigenvalue weighted by atomic mass is 35.5. The Labute approximate surface area is 176 Å². The van der Waals surface area contributed by atoms with Gasteiger partial charge in [-0.2, -0.15) is 4.98 Å². The van der Waals surface area contributed by atoms with Gasteiger partial charge in [0.15, 0.2) is 5.13 Å². The lowest BCUT2D eigenvalue weighted by Gasteiger charge is -2.19. The van der Waals surface area contributed by atoms with Gasteiger partial charge in [0.25, 0.3) is 0 Å². The number of para-hydroxylation sites is 1. The molecule has 0 spiro atoms. The van der Waals surface area contributed by atoms with Gasteiger partial charge in [-0.15, -0.1) is 11.3 Å². The summed E-state index contributed by atoms with van der Waals surface area (Å²) in [5, 5.41) is 7.20. The molecule has 0 aliphatic rings. The average Bonchev–Trinajstić information content (AvgIpc) is 3.37. The molecule has 29 heavy (non-hydrogen) atoms. The second-order valence-corrected chi connectivity index (χ2v) is 7.63. The van der Waals surface area contributed by atoms with E-state index in [4.69, 9.17) is 16.1 Å². The Morgan fingerprint density at radius 2 is 1.86 bits per heavy atom. The monoisotopic (exact) mass is 424 g/mol. The van der Waals surface area contributed by atoms with Crippen LogP contribution in [0.15, 0.2) is 64.5 Å². The van der Waals surface area contributed by atoms with Gasteiger partial charge in [0.1, 0.15) is 0 Å². The van der Waals surface area contributed by atoms with Crippen LogP contribution in [0, 0.1) is 6.92 Å². The number of anilines is 2. The number of halogens is 1. The Balaban J connectivity index is 1.49. The van der Waals surface area contributed by atoms with Crippen molar-refractivity contribution in [1.29, 1.82) is 0 Å². The van der Waals surface area contributed by atoms with Gasteiger partial charge in [-0.25, -0.2) is 4.98 Å². The zero-order chi connectivity index (χ0) is 20.2.